The minimum atomic E-state index is -2.79. The Morgan fingerprint density at radius 2 is 1.85 bits per heavy atom. The van der Waals surface area contributed by atoms with E-state index in [2.05, 4.69) is 22.2 Å². The molecule has 2 aliphatic heterocycles. The third-order valence-electron chi connectivity index (χ3n) is 5.99. The molecule has 1 aromatic carbocycles. The van der Waals surface area contributed by atoms with Crippen molar-refractivity contribution in [1.29, 1.82) is 0 Å². The fraction of sp³-hybridized carbons (Fsp3) is 0.500. The van der Waals surface area contributed by atoms with E-state index in [-0.39, 0.29) is 0 Å². The van der Waals surface area contributed by atoms with Crippen LogP contribution in [0, 0.1) is 0 Å². The van der Waals surface area contributed by atoms with Gasteiger partial charge in [-0.15, -0.1) is 0 Å². The molecule has 0 N–H and O–H groups in total. The summed E-state index contributed by atoms with van der Waals surface area (Å²) in [4.78, 5) is 17.9. The summed E-state index contributed by atoms with van der Waals surface area (Å²) < 4.78 is 40.2. The topological polar surface area (TPSA) is 67.5 Å². The fourth-order valence-corrected chi connectivity index (χ4v) is 4.29. The van der Waals surface area contributed by atoms with E-state index in [9.17, 15) is 8.78 Å². The molecule has 2 fully saturated rings. The van der Waals surface area contributed by atoms with Gasteiger partial charge in [-0.25, -0.2) is 13.8 Å². The van der Waals surface area contributed by atoms with Gasteiger partial charge in [-0.2, -0.15) is 9.98 Å². The second-order valence-electron chi connectivity index (χ2n) is 8.15. The van der Waals surface area contributed by atoms with Crippen LogP contribution in [0.25, 0.3) is 11.0 Å². The molecular weight excluding hydrogens is 442 g/mol. The standard InChI is InChI=1S/C24H30F2N6O2/c1-4-20(30-11-6-5-7-12-30)28-24(31-13-15-34-16-14-31)27-17(2)32-18-9-8-10-19(33-3)21(18)29-23(32)22(25)26/h8-10,22H,1,5-7,11-16H2,2-3H3. The molecule has 2 saturated heterocycles. The second kappa shape index (κ2) is 10.8. The number of fused-ring (bicyclic) bond motifs is 1. The molecule has 4 rings (SSSR count). The molecule has 0 atom stereocenters. The zero-order chi connectivity index (χ0) is 24.1. The molecule has 0 bridgehead atoms. The number of likely N-dealkylation sites (tertiary alicyclic amines) is 1. The number of benzene rings is 1. The molecule has 0 saturated carbocycles. The lowest BCUT2D eigenvalue weighted by atomic mass is 10.1. The number of methoxy groups -OCH3 is 1. The highest BCUT2D eigenvalue weighted by molar-refractivity contribution is 6.01. The molecule has 8 nitrogen and oxygen atoms in total. The number of nitrogens with zero attached hydrogens (tertiary/aromatic N) is 6. The lowest BCUT2D eigenvalue weighted by Crippen LogP contribution is -2.41. The van der Waals surface area contributed by atoms with Gasteiger partial charge in [-0.05, 0) is 38.3 Å². The molecule has 1 aromatic heterocycles. The zero-order valence-electron chi connectivity index (χ0n) is 19.6. The van der Waals surface area contributed by atoms with E-state index in [4.69, 9.17) is 19.5 Å². The number of aromatic nitrogens is 2. The fourth-order valence-electron chi connectivity index (χ4n) is 4.29. The summed E-state index contributed by atoms with van der Waals surface area (Å²) in [6, 6.07) is 5.17. The van der Waals surface area contributed by atoms with Crippen molar-refractivity contribution < 1.29 is 18.3 Å². The third-order valence-corrected chi connectivity index (χ3v) is 5.99. The number of rotatable bonds is 4. The van der Waals surface area contributed by atoms with Crippen LogP contribution in [0.5, 0.6) is 5.75 Å². The highest BCUT2D eigenvalue weighted by Gasteiger charge is 2.24. The summed E-state index contributed by atoms with van der Waals surface area (Å²) in [5.41, 5.74) is 3.80. The highest BCUT2D eigenvalue weighted by atomic mass is 19.3. The SMILES string of the molecule is C=C=C(N=C(N=C(C)n1c(C(F)F)nc2c(OC)cccc21)N1CCOCC1)N1CCCCC1. The number of morpholine rings is 1. The quantitative estimate of drug-likeness (QED) is 0.382. The Hall–Kier alpha value is -3.23. The summed E-state index contributed by atoms with van der Waals surface area (Å²) >= 11 is 0. The van der Waals surface area contributed by atoms with Crippen LogP contribution in [-0.4, -0.2) is 77.6 Å². The van der Waals surface area contributed by atoms with E-state index >= 15 is 0 Å². The normalized spacial score (nSPS) is 17.9. The van der Waals surface area contributed by atoms with Gasteiger partial charge >= 0.3 is 0 Å². The van der Waals surface area contributed by atoms with Crippen molar-refractivity contribution in [3.8, 4) is 5.75 Å². The van der Waals surface area contributed by atoms with E-state index in [1.165, 1.54) is 18.1 Å². The average Bonchev–Trinajstić information content (AvgIpc) is 3.28. The smallest absolute Gasteiger partial charge is 0.296 e. The summed E-state index contributed by atoms with van der Waals surface area (Å²) in [7, 11) is 1.49. The van der Waals surface area contributed by atoms with Crippen LogP contribution >= 0.6 is 0 Å². The van der Waals surface area contributed by atoms with E-state index in [1.807, 2.05) is 4.90 Å². The first-order valence-corrected chi connectivity index (χ1v) is 11.5. The number of aliphatic imine (C=N–C) groups is 2. The Balaban J connectivity index is 1.81. The number of hydrogen-bond acceptors (Lipinski definition) is 5. The molecule has 0 radical (unpaired) electrons. The molecule has 3 heterocycles. The van der Waals surface area contributed by atoms with Crippen molar-refractivity contribution in [2.75, 3.05) is 46.5 Å². The Kier molecular flexibility index (Phi) is 7.59. The number of guanidine groups is 1. The number of ether oxygens (including phenoxy) is 2. The molecule has 0 unspecified atom stereocenters. The number of hydrogen-bond donors (Lipinski definition) is 0. The van der Waals surface area contributed by atoms with Crippen LogP contribution in [0.4, 0.5) is 8.78 Å². The van der Waals surface area contributed by atoms with Gasteiger partial charge < -0.3 is 19.3 Å². The maximum Gasteiger partial charge on any atom is 0.296 e. The van der Waals surface area contributed by atoms with Crippen LogP contribution in [0.2, 0.25) is 0 Å². The molecule has 34 heavy (non-hydrogen) atoms. The van der Waals surface area contributed by atoms with Gasteiger partial charge in [0.05, 0.1) is 25.8 Å². The predicted octanol–water partition coefficient (Wildman–Crippen LogP) is 4.05. The largest absolute Gasteiger partial charge is 0.494 e. The number of para-hydroxylation sites is 1. The molecule has 182 valence electrons. The van der Waals surface area contributed by atoms with Crippen molar-refractivity contribution in [3.63, 3.8) is 0 Å². The molecule has 2 aromatic rings. The van der Waals surface area contributed by atoms with Gasteiger partial charge in [0.2, 0.25) is 5.96 Å². The number of alkyl halides is 2. The molecule has 10 heteroatoms. The lowest BCUT2D eigenvalue weighted by Gasteiger charge is -2.30. The van der Waals surface area contributed by atoms with E-state index in [0.717, 1.165) is 25.9 Å². The third kappa shape index (κ3) is 4.98. The van der Waals surface area contributed by atoms with Crippen LogP contribution in [0.1, 0.15) is 38.4 Å². The summed E-state index contributed by atoms with van der Waals surface area (Å²) in [5, 5.41) is 0. The van der Waals surface area contributed by atoms with Crippen molar-refractivity contribution >= 4 is 22.8 Å². The summed E-state index contributed by atoms with van der Waals surface area (Å²) in [6.07, 6.45) is 0.557. The van der Waals surface area contributed by atoms with Gasteiger partial charge in [0.1, 0.15) is 17.1 Å². The zero-order valence-corrected chi connectivity index (χ0v) is 19.6. The van der Waals surface area contributed by atoms with Gasteiger partial charge in [0.25, 0.3) is 6.43 Å². The molecule has 2 aliphatic rings. The average molecular weight is 473 g/mol. The van der Waals surface area contributed by atoms with Gasteiger partial charge in [-0.1, -0.05) is 18.4 Å². The van der Waals surface area contributed by atoms with Crippen molar-refractivity contribution in [3.05, 3.63) is 42.2 Å². The minimum Gasteiger partial charge on any atom is -0.494 e. The number of halogens is 2. The summed E-state index contributed by atoms with van der Waals surface area (Å²) in [6.45, 7) is 9.54. The first-order valence-electron chi connectivity index (χ1n) is 11.5. The van der Waals surface area contributed by atoms with Crippen molar-refractivity contribution in [2.45, 2.75) is 32.6 Å². The van der Waals surface area contributed by atoms with Gasteiger partial charge in [-0.3, -0.25) is 4.57 Å². The Labute approximate surface area is 197 Å². The molecule has 0 aliphatic carbocycles. The predicted molar refractivity (Wildman–Crippen MR) is 128 cm³/mol. The summed E-state index contributed by atoms with van der Waals surface area (Å²) in [5.74, 6) is 1.40. The first kappa shape index (κ1) is 23.9. The first-order chi connectivity index (χ1) is 16.5. The van der Waals surface area contributed by atoms with Crippen molar-refractivity contribution in [1.82, 2.24) is 19.4 Å². The minimum absolute atomic E-state index is 0.332. The van der Waals surface area contributed by atoms with Gasteiger partial charge in [0.15, 0.2) is 11.6 Å². The van der Waals surface area contributed by atoms with E-state index in [0.29, 0.717) is 60.7 Å². The van der Waals surface area contributed by atoms with E-state index in [1.54, 1.807) is 25.1 Å². The van der Waals surface area contributed by atoms with E-state index < -0.39 is 12.2 Å². The highest BCUT2D eigenvalue weighted by Crippen LogP contribution is 2.30. The monoisotopic (exact) mass is 472 g/mol. The van der Waals surface area contributed by atoms with Crippen LogP contribution in [0.15, 0.2) is 46.3 Å². The van der Waals surface area contributed by atoms with Crippen LogP contribution in [-0.2, 0) is 4.74 Å². The number of piperidine rings is 1. The van der Waals surface area contributed by atoms with Crippen LogP contribution < -0.4 is 4.74 Å². The second-order valence-corrected chi connectivity index (χ2v) is 8.15. The van der Waals surface area contributed by atoms with Crippen molar-refractivity contribution in [2.24, 2.45) is 9.98 Å². The number of imidazole rings is 1. The molecule has 0 amide bonds. The lowest BCUT2D eigenvalue weighted by molar-refractivity contribution is 0.0674. The Bertz CT molecular complexity index is 1120. The van der Waals surface area contributed by atoms with Gasteiger partial charge in [0, 0.05) is 26.2 Å². The van der Waals surface area contributed by atoms with Crippen LogP contribution in [0.3, 0.4) is 0 Å². The molecule has 0 spiro atoms. The Morgan fingerprint density at radius 3 is 2.50 bits per heavy atom. The maximum atomic E-state index is 14.0. The molecular formula is C24H30F2N6O2. The maximum absolute atomic E-state index is 14.0. The Morgan fingerprint density at radius 1 is 1.12 bits per heavy atom.